The Morgan fingerprint density at radius 2 is 1.47 bits per heavy atom. The lowest BCUT2D eigenvalue weighted by atomic mass is 9.94. The SMILES string of the molecule is CCOc1cc(C2/C(=C(\O)c3ccc(OC)c(OC)c3)C(=O)C(=O)N2c2ccc(C)c(C)c2)ccc1OC. The van der Waals surface area contributed by atoms with Crippen LogP contribution in [0.15, 0.2) is 60.2 Å². The third-order valence-corrected chi connectivity index (χ3v) is 6.67. The molecule has 8 nitrogen and oxygen atoms in total. The molecule has 1 heterocycles. The lowest BCUT2D eigenvalue weighted by molar-refractivity contribution is -0.132. The molecule has 0 radical (unpaired) electrons. The van der Waals surface area contributed by atoms with Crippen molar-refractivity contribution < 1.29 is 33.6 Å². The van der Waals surface area contributed by atoms with Crippen molar-refractivity contribution in [1.29, 1.82) is 0 Å². The molecule has 1 N–H and O–H groups in total. The zero-order chi connectivity index (χ0) is 27.6. The first-order valence-electron chi connectivity index (χ1n) is 12.2. The van der Waals surface area contributed by atoms with E-state index in [1.165, 1.54) is 26.2 Å². The van der Waals surface area contributed by atoms with E-state index in [0.29, 0.717) is 46.4 Å². The Morgan fingerprint density at radius 1 is 0.816 bits per heavy atom. The van der Waals surface area contributed by atoms with E-state index in [9.17, 15) is 14.7 Å². The van der Waals surface area contributed by atoms with Gasteiger partial charge in [0.1, 0.15) is 5.76 Å². The van der Waals surface area contributed by atoms with E-state index in [1.54, 1.807) is 42.5 Å². The van der Waals surface area contributed by atoms with Gasteiger partial charge in [0.15, 0.2) is 23.0 Å². The van der Waals surface area contributed by atoms with Gasteiger partial charge in [0, 0.05) is 11.3 Å². The van der Waals surface area contributed by atoms with Crippen molar-refractivity contribution in [2.45, 2.75) is 26.8 Å². The highest BCUT2D eigenvalue weighted by atomic mass is 16.5. The number of aliphatic hydroxyl groups excluding tert-OH is 1. The normalized spacial score (nSPS) is 16.5. The Morgan fingerprint density at radius 3 is 2.11 bits per heavy atom. The van der Waals surface area contributed by atoms with Gasteiger partial charge in [-0.3, -0.25) is 14.5 Å². The van der Waals surface area contributed by atoms with Gasteiger partial charge < -0.3 is 24.1 Å². The fraction of sp³-hybridized carbons (Fsp3) is 0.267. The van der Waals surface area contributed by atoms with Crippen LogP contribution in [0, 0.1) is 13.8 Å². The maximum Gasteiger partial charge on any atom is 0.300 e. The van der Waals surface area contributed by atoms with Gasteiger partial charge in [-0.25, -0.2) is 0 Å². The summed E-state index contributed by atoms with van der Waals surface area (Å²) in [6.45, 7) is 6.15. The third kappa shape index (κ3) is 4.65. The molecule has 0 bridgehead atoms. The molecule has 1 unspecified atom stereocenters. The standard InChI is InChI=1S/C30H31NO7/c1-7-38-25-15-19(9-12-23(25)36-5)27-26(28(32)20-10-13-22(35-4)24(16-20)37-6)29(33)30(34)31(27)21-11-8-17(2)18(3)14-21/h8-16,27,32H,7H2,1-6H3/b28-26+. The molecule has 198 valence electrons. The van der Waals surface area contributed by atoms with E-state index >= 15 is 0 Å². The number of aryl methyl sites for hydroxylation is 2. The maximum atomic E-state index is 13.5. The lowest BCUT2D eigenvalue weighted by Crippen LogP contribution is -2.29. The minimum absolute atomic E-state index is 0.0481. The summed E-state index contributed by atoms with van der Waals surface area (Å²) >= 11 is 0. The van der Waals surface area contributed by atoms with Crippen molar-refractivity contribution in [3.05, 3.63) is 82.4 Å². The summed E-state index contributed by atoms with van der Waals surface area (Å²) in [5.74, 6) is -0.0482. The Labute approximate surface area is 222 Å². The summed E-state index contributed by atoms with van der Waals surface area (Å²) in [5.41, 5.74) is 3.40. The molecular formula is C30H31NO7. The number of carbonyl (C=O) groups is 2. The molecule has 1 fully saturated rings. The number of carbonyl (C=O) groups excluding carboxylic acids is 2. The van der Waals surface area contributed by atoms with Crippen LogP contribution in [0.2, 0.25) is 0 Å². The fourth-order valence-corrected chi connectivity index (χ4v) is 4.56. The van der Waals surface area contributed by atoms with Crippen LogP contribution in [0.25, 0.3) is 5.76 Å². The van der Waals surface area contributed by atoms with E-state index in [0.717, 1.165) is 11.1 Å². The summed E-state index contributed by atoms with van der Waals surface area (Å²) in [4.78, 5) is 28.5. The molecule has 1 aliphatic heterocycles. The highest BCUT2D eigenvalue weighted by Crippen LogP contribution is 2.45. The van der Waals surface area contributed by atoms with Crippen LogP contribution in [0.3, 0.4) is 0 Å². The number of nitrogens with zero attached hydrogens (tertiary/aromatic N) is 1. The zero-order valence-corrected chi connectivity index (χ0v) is 22.3. The molecule has 1 atom stereocenters. The number of hydrogen-bond acceptors (Lipinski definition) is 7. The van der Waals surface area contributed by atoms with Crippen LogP contribution >= 0.6 is 0 Å². The molecule has 3 aromatic carbocycles. The van der Waals surface area contributed by atoms with Crippen molar-refractivity contribution in [3.8, 4) is 23.0 Å². The molecule has 1 saturated heterocycles. The van der Waals surface area contributed by atoms with Gasteiger partial charge in [-0.1, -0.05) is 12.1 Å². The number of ketones is 1. The average Bonchev–Trinajstić information content (AvgIpc) is 3.19. The summed E-state index contributed by atoms with van der Waals surface area (Å²) in [6.07, 6.45) is 0. The number of rotatable bonds is 8. The van der Waals surface area contributed by atoms with Crippen LogP contribution in [0.1, 0.15) is 35.2 Å². The second-order valence-electron chi connectivity index (χ2n) is 8.85. The Balaban J connectivity index is 1.98. The smallest absolute Gasteiger partial charge is 0.300 e. The van der Waals surface area contributed by atoms with Crippen LogP contribution < -0.4 is 23.8 Å². The number of aliphatic hydroxyl groups is 1. The number of ether oxygens (including phenoxy) is 4. The molecule has 4 rings (SSSR count). The Kier molecular flexibility index (Phi) is 7.62. The first-order valence-corrected chi connectivity index (χ1v) is 12.2. The maximum absolute atomic E-state index is 13.5. The Hall–Kier alpha value is -4.46. The number of methoxy groups -OCH3 is 3. The summed E-state index contributed by atoms with van der Waals surface area (Å²) in [5, 5.41) is 11.5. The molecule has 0 aromatic heterocycles. The van der Waals surface area contributed by atoms with E-state index < -0.39 is 17.7 Å². The van der Waals surface area contributed by atoms with Crippen LogP contribution in [0.4, 0.5) is 5.69 Å². The van der Waals surface area contributed by atoms with Gasteiger partial charge in [-0.15, -0.1) is 0 Å². The molecule has 3 aromatic rings. The second kappa shape index (κ2) is 10.9. The first-order chi connectivity index (χ1) is 18.2. The van der Waals surface area contributed by atoms with Crippen LogP contribution in [-0.4, -0.2) is 44.7 Å². The second-order valence-corrected chi connectivity index (χ2v) is 8.85. The summed E-state index contributed by atoms with van der Waals surface area (Å²) in [6, 6.07) is 14.6. The largest absolute Gasteiger partial charge is 0.507 e. The van der Waals surface area contributed by atoms with E-state index in [1.807, 2.05) is 32.9 Å². The monoisotopic (exact) mass is 517 g/mol. The van der Waals surface area contributed by atoms with Crippen molar-refractivity contribution in [2.24, 2.45) is 0 Å². The molecule has 0 aliphatic carbocycles. The number of benzene rings is 3. The van der Waals surface area contributed by atoms with Gasteiger partial charge in [-0.05, 0) is 79.9 Å². The van der Waals surface area contributed by atoms with Gasteiger partial charge in [-0.2, -0.15) is 0 Å². The van der Waals surface area contributed by atoms with Crippen molar-refractivity contribution in [3.63, 3.8) is 0 Å². The Bertz CT molecular complexity index is 1430. The number of amides is 1. The van der Waals surface area contributed by atoms with E-state index in [-0.39, 0.29) is 11.3 Å². The van der Waals surface area contributed by atoms with Gasteiger partial charge >= 0.3 is 0 Å². The van der Waals surface area contributed by atoms with Crippen molar-refractivity contribution in [1.82, 2.24) is 0 Å². The topological polar surface area (TPSA) is 94.5 Å². The molecular weight excluding hydrogens is 486 g/mol. The molecule has 8 heteroatoms. The molecule has 0 saturated carbocycles. The number of anilines is 1. The predicted molar refractivity (Wildman–Crippen MR) is 144 cm³/mol. The minimum Gasteiger partial charge on any atom is -0.507 e. The third-order valence-electron chi connectivity index (χ3n) is 6.67. The highest BCUT2D eigenvalue weighted by molar-refractivity contribution is 6.51. The van der Waals surface area contributed by atoms with E-state index in [4.69, 9.17) is 18.9 Å². The van der Waals surface area contributed by atoms with Crippen LogP contribution in [-0.2, 0) is 9.59 Å². The van der Waals surface area contributed by atoms with Crippen molar-refractivity contribution >= 4 is 23.1 Å². The number of hydrogen-bond donors (Lipinski definition) is 1. The lowest BCUT2D eigenvalue weighted by Gasteiger charge is -2.26. The van der Waals surface area contributed by atoms with Gasteiger partial charge in [0.2, 0.25) is 0 Å². The molecule has 1 amide bonds. The van der Waals surface area contributed by atoms with Gasteiger partial charge in [0.05, 0.1) is 39.6 Å². The fourth-order valence-electron chi connectivity index (χ4n) is 4.56. The zero-order valence-electron chi connectivity index (χ0n) is 22.3. The predicted octanol–water partition coefficient (Wildman–Crippen LogP) is 5.35. The summed E-state index contributed by atoms with van der Waals surface area (Å²) < 4.78 is 21.9. The molecule has 0 spiro atoms. The quantitative estimate of drug-likeness (QED) is 0.244. The van der Waals surface area contributed by atoms with Crippen molar-refractivity contribution in [2.75, 3.05) is 32.8 Å². The van der Waals surface area contributed by atoms with Gasteiger partial charge in [0.25, 0.3) is 11.7 Å². The molecule has 38 heavy (non-hydrogen) atoms. The first kappa shape index (κ1) is 26.6. The molecule has 1 aliphatic rings. The highest BCUT2D eigenvalue weighted by Gasteiger charge is 2.47. The minimum atomic E-state index is -0.921. The summed E-state index contributed by atoms with van der Waals surface area (Å²) in [7, 11) is 4.52. The van der Waals surface area contributed by atoms with E-state index in [2.05, 4.69) is 0 Å². The number of Topliss-reactive ketones (excluding diaryl/α,β-unsaturated/α-hetero) is 1. The van der Waals surface area contributed by atoms with Crippen LogP contribution in [0.5, 0.6) is 23.0 Å². The average molecular weight is 518 g/mol.